The first-order chi connectivity index (χ1) is 9.45. The van der Waals surface area contributed by atoms with Gasteiger partial charge in [0.1, 0.15) is 5.82 Å². The summed E-state index contributed by atoms with van der Waals surface area (Å²) in [6.07, 6.45) is 0. The quantitative estimate of drug-likeness (QED) is 0.912. The summed E-state index contributed by atoms with van der Waals surface area (Å²) in [5.41, 5.74) is 2.93. The minimum Gasteiger partial charge on any atom is -0.365 e. The molecule has 4 heteroatoms. The molecule has 1 aromatic heterocycles. The maximum Gasteiger partial charge on any atom is 0.248 e. The van der Waals surface area contributed by atoms with Crippen LogP contribution in [0.25, 0.3) is 0 Å². The van der Waals surface area contributed by atoms with Gasteiger partial charge in [-0.25, -0.2) is 4.39 Å². The Morgan fingerprint density at radius 2 is 1.90 bits per heavy atom. The van der Waals surface area contributed by atoms with E-state index in [1.807, 2.05) is 6.07 Å². The predicted octanol–water partition coefficient (Wildman–Crippen LogP) is 2.81. The molecule has 0 unspecified atom stereocenters. The van der Waals surface area contributed by atoms with E-state index in [4.69, 9.17) is 0 Å². The van der Waals surface area contributed by atoms with Crippen LogP contribution >= 0.6 is 0 Å². The van der Waals surface area contributed by atoms with Crippen molar-refractivity contribution in [1.29, 1.82) is 0 Å². The number of halogens is 1. The Hall–Kier alpha value is -2.10. The topological polar surface area (TPSA) is 36.1 Å². The van der Waals surface area contributed by atoms with Gasteiger partial charge in [-0.15, -0.1) is 0 Å². The Kier molecular flexibility index (Phi) is 2.89. The zero-order valence-electron chi connectivity index (χ0n) is 11.6. The van der Waals surface area contributed by atoms with Crippen molar-refractivity contribution < 1.29 is 4.39 Å². The third kappa shape index (κ3) is 2.22. The molecule has 104 valence electrons. The highest BCUT2D eigenvalue weighted by molar-refractivity contribution is 5.59. The minimum absolute atomic E-state index is 0.0690. The molecule has 0 amide bonds. The summed E-state index contributed by atoms with van der Waals surface area (Å²) >= 11 is 0. The predicted molar refractivity (Wildman–Crippen MR) is 77.5 cm³/mol. The van der Waals surface area contributed by atoms with Gasteiger partial charge in [0.2, 0.25) is 5.56 Å². The van der Waals surface area contributed by atoms with E-state index in [1.165, 1.54) is 12.1 Å². The lowest BCUT2D eigenvalue weighted by Crippen LogP contribution is -2.28. The van der Waals surface area contributed by atoms with Gasteiger partial charge < -0.3 is 9.88 Å². The lowest BCUT2D eigenvalue weighted by molar-refractivity contribution is 0.536. The number of anilines is 1. The molecule has 1 N–H and O–H groups in total. The molecule has 3 nitrogen and oxygen atoms in total. The molecule has 0 fully saturated rings. The van der Waals surface area contributed by atoms with Gasteiger partial charge in [-0.3, -0.25) is 4.79 Å². The number of benzene rings is 1. The van der Waals surface area contributed by atoms with Crippen molar-refractivity contribution in [2.45, 2.75) is 25.8 Å². The Morgan fingerprint density at radius 1 is 1.20 bits per heavy atom. The second kappa shape index (κ2) is 4.47. The van der Waals surface area contributed by atoms with E-state index in [9.17, 15) is 9.18 Å². The molecule has 0 bridgehead atoms. The van der Waals surface area contributed by atoms with Crippen LogP contribution in [-0.2, 0) is 12.0 Å². The van der Waals surface area contributed by atoms with Crippen LogP contribution < -0.4 is 10.5 Å². The van der Waals surface area contributed by atoms with E-state index in [0.29, 0.717) is 6.54 Å². The third-order valence-corrected chi connectivity index (χ3v) is 3.79. The van der Waals surface area contributed by atoms with E-state index in [2.05, 4.69) is 23.7 Å². The van der Waals surface area contributed by atoms with Crippen LogP contribution in [0.15, 0.2) is 41.2 Å². The van der Waals surface area contributed by atoms with Crippen LogP contribution in [-0.4, -0.2) is 11.5 Å². The normalized spacial score (nSPS) is 16.2. The highest BCUT2D eigenvalue weighted by Crippen LogP contribution is 2.38. The van der Waals surface area contributed by atoms with Gasteiger partial charge >= 0.3 is 0 Å². The first-order valence-electron chi connectivity index (χ1n) is 6.69. The molecular formula is C16H17FN2O. The summed E-state index contributed by atoms with van der Waals surface area (Å²) in [5, 5.41) is 0. The van der Waals surface area contributed by atoms with Gasteiger partial charge in [0.25, 0.3) is 0 Å². The maximum atomic E-state index is 13.0. The summed E-state index contributed by atoms with van der Waals surface area (Å²) in [7, 11) is 0. The Balaban J connectivity index is 1.94. The number of aromatic nitrogens is 1. The fraction of sp³-hybridized carbons (Fsp3) is 0.312. The van der Waals surface area contributed by atoms with Crippen LogP contribution in [0.2, 0.25) is 0 Å². The smallest absolute Gasteiger partial charge is 0.248 e. The second-order valence-corrected chi connectivity index (χ2v) is 5.95. The zero-order valence-corrected chi connectivity index (χ0v) is 11.6. The number of H-pyrrole nitrogens is 1. The van der Waals surface area contributed by atoms with Crippen molar-refractivity contribution in [2.75, 3.05) is 11.4 Å². The Bertz CT molecular complexity index is 688. The maximum absolute atomic E-state index is 13.0. The standard InChI is InChI=1S/C16H17FN2O/c1-16(2)10-19(9-11-3-5-12(17)6-4-11)13-7-8-14(20)18-15(13)16/h3-8H,9-10H2,1-2H3,(H,18,20). The Morgan fingerprint density at radius 3 is 2.60 bits per heavy atom. The largest absolute Gasteiger partial charge is 0.365 e. The molecule has 0 aliphatic carbocycles. The van der Waals surface area contributed by atoms with Crippen molar-refractivity contribution in [2.24, 2.45) is 0 Å². The molecule has 20 heavy (non-hydrogen) atoms. The summed E-state index contributed by atoms with van der Waals surface area (Å²) in [4.78, 5) is 16.7. The average Bonchev–Trinajstić information content (AvgIpc) is 2.64. The fourth-order valence-electron chi connectivity index (χ4n) is 2.84. The van der Waals surface area contributed by atoms with Gasteiger partial charge in [0.05, 0.1) is 5.69 Å². The molecule has 2 heterocycles. The van der Waals surface area contributed by atoms with E-state index in [-0.39, 0.29) is 16.8 Å². The summed E-state index contributed by atoms with van der Waals surface area (Å²) in [5.74, 6) is -0.222. The fourth-order valence-corrected chi connectivity index (χ4v) is 2.84. The van der Waals surface area contributed by atoms with Crippen molar-refractivity contribution in [3.63, 3.8) is 0 Å². The number of aromatic amines is 1. The van der Waals surface area contributed by atoms with E-state index >= 15 is 0 Å². The molecule has 0 radical (unpaired) electrons. The van der Waals surface area contributed by atoms with Crippen molar-refractivity contribution >= 4 is 5.69 Å². The van der Waals surface area contributed by atoms with E-state index in [0.717, 1.165) is 23.5 Å². The zero-order chi connectivity index (χ0) is 14.3. The minimum atomic E-state index is -0.222. The van der Waals surface area contributed by atoms with Gasteiger partial charge in [-0.1, -0.05) is 26.0 Å². The van der Waals surface area contributed by atoms with Crippen molar-refractivity contribution in [3.8, 4) is 0 Å². The summed E-state index contributed by atoms with van der Waals surface area (Å²) in [6.45, 7) is 5.78. The van der Waals surface area contributed by atoms with Crippen LogP contribution in [0.1, 0.15) is 25.1 Å². The molecule has 0 atom stereocenters. The van der Waals surface area contributed by atoms with Crippen LogP contribution in [0, 0.1) is 5.82 Å². The lowest BCUT2D eigenvalue weighted by atomic mass is 9.91. The van der Waals surface area contributed by atoms with Crippen LogP contribution in [0.5, 0.6) is 0 Å². The highest BCUT2D eigenvalue weighted by atomic mass is 19.1. The lowest BCUT2D eigenvalue weighted by Gasteiger charge is -2.22. The van der Waals surface area contributed by atoms with Crippen molar-refractivity contribution in [3.05, 3.63) is 63.8 Å². The van der Waals surface area contributed by atoms with Gasteiger partial charge in [-0.2, -0.15) is 0 Å². The number of hydrogen-bond donors (Lipinski definition) is 1. The molecule has 0 saturated heterocycles. The molecular weight excluding hydrogens is 255 g/mol. The SMILES string of the molecule is CC1(C)CN(Cc2ccc(F)cc2)c2ccc(=O)[nH]c21. The van der Waals surface area contributed by atoms with E-state index < -0.39 is 0 Å². The number of nitrogens with zero attached hydrogens (tertiary/aromatic N) is 1. The molecule has 1 aliphatic heterocycles. The van der Waals surface area contributed by atoms with Crippen LogP contribution in [0.4, 0.5) is 10.1 Å². The van der Waals surface area contributed by atoms with Gasteiger partial charge in [0.15, 0.2) is 0 Å². The average molecular weight is 272 g/mol. The number of rotatable bonds is 2. The summed E-state index contributed by atoms with van der Waals surface area (Å²) in [6, 6.07) is 9.97. The van der Waals surface area contributed by atoms with E-state index in [1.54, 1.807) is 18.2 Å². The molecule has 0 saturated carbocycles. The molecule has 1 aromatic carbocycles. The second-order valence-electron chi connectivity index (χ2n) is 5.95. The highest BCUT2D eigenvalue weighted by Gasteiger charge is 2.35. The summed E-state index contributed by atoms with van der Waals surface area (Å²) < 4.78 is 13.0. The molecule has 1 aliphatic rings. The molecule has 0 spiro atoms. The van der Waals surface area contributed by atoms with Crippen LogP contribution in [0.3, 0.4) is 0 Å². The number of fused-ring (bicyclic) bond motifs is 1. The van der Waals surface area contributed by atoms with Crippen molar-refractivity contribution in [1.82, 2.24) is 4.98 Å². The molecule has 3 rings (SSSR count). The van der Waals surface area contributed by atoms with Gasteiger partial charge in [-0.05, 0) is 23.8 Å². The first kappa shape index (κ1) is 12.9. The van der Waals surface area contributed by atoms with Gasteiger partial charge in [0, 0.05) is 30.3 Å². The number of hydrogen-bond acceptors (Lipinski definition) is 2. The Labute approximate surface area is 117 Å². The third-order valence-electron chi connectivity index (χ3n) is 3.79. The first-order valence-corrected chi connectivity index (χ1v) is 6.69. The number of nitrogens with one attached hydrogen (secondary N) is 1. The number of pyridine rings is 1. The monoisotopic (exact) mass is 272 g/mol. The molecule has 2 aromatic rings.